The molecule has 6 nitrogen and oxygen atoms in total. The molecule has 0 fully saturated rings. The summed E-state index contributed by atoms with van der Waals surface area (Å²) in [7, 11) is 0. The minimum atomic E-state index is -0.646. The van der Waals surface area contributed by atoms with Gasteiger partial charge in [-0.25, -0.2) is 4.79 Å². The molecule has 0 spiro atoms. The fourth-order valence-electron chi connectivity index (χ4n) is 3.60. The highest BCUT2D eigenvalue weighted by Crippen LogP contribution is 2.27. The number of carbonyl (C=O) groups is 2. The lowest BCUT2D eigenvalue weighted by Gasteiger charge is -2.28. The highest BCUT2D eigenvalue weighted by molar-refractivity contribution is 6.18. The Morgan fingerprint density at radius 3 is 2.00 bits per heavy atom. The van der Waals surface area contributed by atoms with E-state index in [1.807, 2.05) is 20.8 Å². The Kier molecular flexibility index (Phi) is 12.0. The second kappa shape index (κ2) is 13.4. The average Bonchev–Trinajstić information content (AvgIpc) is 2.64. The maximum atomic E-state index is 12.6. The molecule has 1 atom stereocenters. The lowest BCUT2D eigenvalue weighted by atomic mass is 9.91. The standard InChI is InChI=1S/C26H42Cl2N2O4/c1-18(2)22-10-9-21(30(13-11-27)14-12-28)16-19(22)15-20(17-23(31)33-25(3,4)5)29-24(32)34-26(6,7)8/h9-10,16,18,20H,11-15,17H2,1-8H3,(H,29,32). The van der Waals surface area contributed by atoms with E-state index >= 15 is 0 Å². The molecular formula is C26H42Cl2N2O4. The number of hydrogen-bond acceptors (Lipinski definition) is 5. The Morgan fingerprint density at radius 2 is 1.53 bits per heavy atom. The highest BCUT2D eigenvalue weighted by atomic mass is 35.5. The van der Waals surface area contributed by atoms with E-state index < -0.39 is 23.3 Å². The van der Waals surface area contributed by atoms with Crippen molar-refractivity contribution in [1.29, 1.82) is 0 Å². The van der Waals surface area contributed by atoms with Gasteiger partial charge < -0.3 is 19.7 Å². The van der Waals surface area contributed by atoms with Crippen LogP contribution in [0.5, 0.6) is 0 Å². The lowest BCUT2D eigenvalue weighted by molar-refractivity contribution is -0.155. The van der Waals surface area contributed by atoms with Gasteiger partial charge >= 0.3 is 12.1 Å². The number of nitrogens with one attached hydrogen (secondary N) is 1. The van der Waals surface area contributed by atoms with Crippen LogP contribution in [-0.2, 0) is 20.7 Å². The van der Waals surface area contributed by atoms with Gasteiger partial charge in [0.1, 0.15) is 11.2 Å². The third kappa shape index (κ3) is 11.7. The van der Waals surface area contributed by atoms with Gasteiger partial charge in [0, 0.05) is 36.6 Å². The van der Waals surface area contributed by atoms with Gasteiger partial charge in [-0.1, -0.05) is 19.9 Å². The van der Waals surface area contributed by atoms with Gasteiger partial charge in [-0.15, -0.1) is 23.2 Å². The van der Waals surface area contributed by atoms with Crippen LogP contribution in [0.25, 0.3) is 0 Å². The number of alkyl carbamates (subject to hydrolysis) is 1. The first kappa shape index (κ1) is 30.4. The molecule has 0 aromatic heterocycles. The molecule has 1 aromatic rings. The molecule has 0 aliphatic heterocycles. The van der Waals surface area contributed by atoms with Gasteiger partial charge in [-0.3, -0.25) is 4.79 Å². The number of rotatable bonds is 11. The second-order valence-electron chi connectivity index (χ2n) is 10.7. The molecule has 1 amide bonds. The summed E-state index contributed by atoms with van der Waals surface area (Å²) in [5, 5.41) is 2.89. The number of benzene rings is 1. The predicted octanol–water partition coefficient (Wildman–Crippen LogP) is 6.26. The number of hydrogen-bond donors (Lipinski definition) is 1. The maximum absolute atomic E-state index is 12.6. The van der Waals surface area contributed by atoms with Crippen molar-refractivity contribution in [3.63, 3.8) is 0 Å². The average molecular weight is 518 g/mol. The zero-order chi connectivity index (χ0) is 26.1. The van der Waals surface area contributed by atoms with Crippen LogP contribution in [0.3, 0.4) is 0 Å². The van der Waals surface area contributed by atoms with E-state index in [2.05, 4.69) is 42.3 Å². The summed E-state index contributed by atoms with van der Waals surface area (Å²) in [6.45, 7) is 16.5. The maximum Gasteiger partial charge on any atom is 0.407 e. The first-order chi connectivity index (χ1) is 15.6. The van der Waals surface area contributed by atoms with E-state index in [4.69, 9.17) is 32.7 Å². The third-order valence-corrected chi connectivity index (χ3v) is 5.18. The molecule has 1 aromatic carbocycles. The number of esters is 1. The molecule has 0 bridgehead atoms. The molecule has 0 aliphatic rings. The molecule has 0 saturated carbocycles. The van der Waals surface area contributed by atoms with Crippen LogP contribution < -0.4 is 10.2 Å². The van der Waals surface area contributed by atoms with Crippen LogP contribution >= 0.6 is 23.2 Å². The topological polar surface area (TPSA) is 67.9 Å². The Morgan fingerprint density at radius 1 is 0.971 bits per heavy atom. The normalized spacial score (nSPS) is 12.9. The number of ether oxygens (including phenoxy) is 2. The molecule has 34 heavy (non-hydrogen) atoms. The van der Waals surface area contributed by atoms with Crippen molar-refractivity contribution in [2.75, 3.05) is 29.7 Å². The minimum absolute atomic E-state index is 0.0331. The second-order valence-corrected chi connectivity index (χ2v) is 11.5. The Balaban J connectivity index is 3.28. The van der Waals surface area contributed by atoms with Crippen molar-refractivity contribution in [2.45, 2.75) is 91.4 Å². The van der Waals surface area contributed by atoms with Crippen LogP contribution in [0, 0.1) is 0 Å². The quantitative estimate of drug-likeness (QED) is 0.277. The van der Waals surface area contributed by atoms with Gasteiger partial charge in [0.05, 0.1) is 6.42 Å². The summed E-state index contributed by atoms with van der Waals surface area (Å²) in [5.74, 6) is 0.864. The molecule has 1 rings (SSSR count). The molecule has 1 unspecified atom stereocenters. The number of carbonyl (C=O) groups excluding carboxylic acids is 2. The van der Waals surface area contributed by atoms with Gasteiger partial charge in [-0.2, -0.15) is 0 Å². The molecule has 1 N–H and O–H groups in total. The first-order valence-electron chi connectivity index (χ1n) is 11.9. The first-order valence-corrected chi connectivity index (χ1v) is 12.9. The minimum Gasteiger partial charge on any atom is -0.460 e. The smallest absolute Gasteiger partial charge is 0.407 e. The van der Waals surface area contributed by atoms with Crippen molar-refractivity contribution >= 4 is 41.0 Å². The van der Waals surface area contributed by atoms with Crippen LogP contribution in [0.15, 0.2) is 18.2 Å². The van der Waals surface area contributed by atoms with Crippen molar-refractivity contribution in [3.05, 3.63) is 29.3 Å². The zero-order valence-corrected chi connectivity index (χ0v) is 23.5. The number of halogens is 2. The molecule has 0 heterocycles. The monoisotopic (exact) mass is 516 g/mol. The van der Waals surface area contributed by atoms with E-state index in [0.29, 0.717) is 31.3 Å². The van der Waals surface area contributed by atoms with Crippen LogP contribution in [0.2, 0.25) is 0 Å². The summed E-state index contributed by atoms with van der Waals surface area (Å²) in [5.41, 5.74) is 1.95. The molecule has 8 heteroatoms. The molecular weight excluding hydrogens is 475 g/mol. The number of alkyl halides is 2. The van der Waals surface area contributed by atoms with E-state index in [9.17, 15) is 9.59 Å². The van der Waals surface area contributed by atoms with Gasteiger partial charge in [0.25, 0.3) is 0 Å². The van der Waals surface area contributed by atoms with E-state index in [-0.39, 0.29) is 18.3 Å². The summed E-state index contributed by atoms with van der Waals surface area (Å²) in [6.07, 6.45) is -0.0740. The molecule has 0 radical (unpaired) electrons. The Labute approximate surface area is 215 Å². The van der Waals surface area contributed by atoms with Crippen molar-refractivity contribution in [3.8, 4) is 0 Å². The highest BCUT2D eigenvalue weighted by Gasteiger charge is 2.26. The van der Waals surface area contributed by atoms with Gasteiger partial charge in [-0.05, 0) is 77.1 Å². The van der Waals surface area contributed by atoms with Crippen molar-refractivity contribution < 1.29 is 19.1 Å². The largest absolute Gasteiger partial charge is 0.460 e. The van der Waals surface area contributed by atoms with E-state index in [0.717, 1.165) is 16.8 Å². The van der Waals surface area contributed by atoms with Crippen molar-refractivity contribution in [2.24, 2.45) is 0 Å². The summed E-state index contributed by atoms with van der Waals surface area (Å²) >= 11 is 12.0. The van der Waals surface area contributed by atoms with E-state index in [1.165, 1.54) is 0 Å². The predicted molar refractivity (Wildman–Crippen MR) is 142 cm³/mol. The molecule has 194 valence electrons. The fraction of sp³-hybridized carbons (Fsp3) is 0.692. The fourth-order valence-corrected chi connectivity index (χ4v) is 4.01. The number of anilines is 1. The number of nitrogens with zero attached hydrogens (tertiary/aromatic N) is 1. The van der Waals surface area contributed by atoms with E-state index in [1.54, 1.807) is 20.8 Å². The van der Waals surface area contributed by atoms with Gasteiger partial charge in [0.2, 0.25) is 0 Å². The summed E-state index contributed by atoms with van der Waals surface area (Å²) < 4.78 is 11.0. The Bertz CT molecular complexity index is 765. The molecule has 0 saturated heterocycles. The molecule has 0 aliphatic carbocycles. The lowest BCUT2D eigenvalue weighted by Crippen LogP contribution is -2.42. The van der Waals surface area contributed by atoms with Crippen LogP contribution in [-0.4, -0.2) is 54.2 Å². The third-order valence-electron chi connectivity index (χ3n) is 4.84. The van der Waals surface area contributed by atoms with Crippen molar-refractivity contribution in [1.82, 2.24) is 5.32 Å². The summed E-state index contributed by atoms with van der Waals surface area (Å²) in [6, 6.07) is 5.78. The Hall–Kier alpha value is -1.66. The summed E-state index contributed by atoms with van der Waals surface area (Å²) in [4.78, 5) is 27.3. The van der Waals surface area contributed by atoms with Gasteiger partial charge in [0.15, 0.2) is 0 Å². The zero-order valence-electron chi connectivity index (χ0n) is 22.0. The number of amides is 1. The van der Waals surface area contributed by atoms with Crippen LogP contribution in [0.1, 0.15) is 78.9 Å². The SMILES string of the molecule is CC(C)c1ccc(N(CCCl)CCCl)cc1CC(CC(=O)OC(C)(C)C)NC(=O)OC(C)(C)C. The van der Waals surface area contributed by atoms with Crippen LogP contribution in [0.4, 0.5) is 10.5 Å².